The van der Waals surface area contributed by atoms with E-state index in [4.69, 9.17) is 22.7 Å². The first-order chi connectivity index (χ1) is 6.09. The van der Waals surface area contributed by atoms with E-state index in [1.807, 2.05) is 0 Å². The molecule has 14 heavy (non-hydrogen) atoms. The molecule has 0 aromatic heterocycles. The molecule has 1 aromatic rings. The first-order valence-corrected chi connectivity index (χ1v) is 4.09. The minimum atomic E-state index is -0.393. The van der Waals surface area contributed by atoms with Crippen molar-refractivity contribution < 1.29 is 4.79 Å². The van der Waals surface area contributed by atoms with Crippen LogP contribution in [0.25, 0.3) is 0 Å². The number of amidine groups is 1. The van der Waals surface area contributed by atoms with Crippen molar-refractivity contribution in [1.82, 2.24) is 0 Å². The molecule has 0 saturated carbocycles. The predicted molar refractivity (Wildman–Crippen MR) is 59.3 cm³/mol. The number of hydrogen-bond donors (Lipinski definition) is 2. The molecular formula is C9H10Cl2N2O. The highest BCUT2D eigenvalue weighted by atomic mass is 35.5. The van der Waals surface area contributed by atoms with Gasteiger partial charge in [-0.05, 0) is 17.2 Å². The van der Waals surface area contributed by atoms with Crippen molar-refractivity contribution in [3.05, 3.63) is 35.4 Å². The molecule has 1 rings (SSSR count). The lowest BCUT2D eigenvalue weighted by molar-refractivity contribution is -0.111. The molecule has 1 aromatic carbocycles. The van der Waals surface area contributed by atoms with Gasteiger partial charge in [0.05, 0.1) is 0 Å². The standard InChI is InChI=1S/C9H9ClN2O.ClH/c10-8(13)5-6-1-3-7(4-2-6)9(11)12;/h1-4H,5H2,(H3,11,12);1H. The fourth-order valence-corrected chi connectivity index (χ4v) is 1.12. The first-order valence-electron chi connectivity index (χ1n) is 3.71. The van der Waals surface area contributed by atoms with Gasteiger partial charge in [-0.3, -0.25) is 10.2 Å². The summed E-state index contributed by atoms with van der Waals surface area (Å²) in [4.78, 5) is 10.5. The van der Waals surface area contributed by atoms with E-state index in [-0.39, 0.29) is 24.7 Å². The third kappa shape index (κ3) is 3.77. The van der Waals surface area contributed by atoms with Crippen LogP contribution in [0.15, 0.2) is 24.3 Å². The molecule has 5 heteroatoms. The number of carbonyl (C=O) groups is 1. The van der Waals surface area contributed by atoms with Gasteiger partial charge in [-0.2, -0.15) is 0 Å². The van der Waals surface area contributed by atoms with Crippen LogP contribution in [0.5, 0.6) is 0 Å². The van der Waals surface area contributed by atoms with Crippen LogP contribution in [0, 0.1) is 5.41 Å². The molecule has 0 spiro atoms. The second kappa shape index (κ2) is 5.62. The number of carbonyl (C=O) groups excluding carboxylic acids is 1. The maximum Gasteiger partial charge on any atom is 0.226 e. The van der Waals surface area contributed by atoms with E-state index in [0.29, 0.717) is 5.56 Å². The summed E-state index contributed by atoms with van der Waals surface area (Å²) in [6.45, 7) is 0. The topological polar surface area (TPSA) is 66.9 Å². The Balaban J connectivity index is 0.00000169. The summed E-state index contributed by atoms with van der Waals surface area (Å²) in [5, 5.41) is 6.74. The van der Waals surface area contributed by atoms with Crippen LogP contribution in [0.2, 0.25) is 0 Å². The normalized spacial score (nSPS) is 8.93. The zero-order valence-corrected chi connectivity index (χ0v) is 8.86. The first kappa shape index (κ1) is 12.9. The fraction of sp³-hybridized carbons (Fsp3) is 0.111. The number of nitrogens with one attached hydrogen (secondary N) is 1. The van der Waals surface area contributed by atoms with E-state index in [9.17, 15) is 4.79 Å². The lowest BCUT2D eigenvalue weighted by Crippen LogP contribution is -2.10. The third-order valence-corrected chi connectivity index (χ3v) is 1.74. The highest BCUT2D eigenvalue weighted by molar-refractivity contribution is 6.63. The summed E-state index contributed by atoms with van der Waals surface area (Å²) in [5.74, 6) is 0.0174. The highest BCUT2D eigenvalue weighted by Crippen LogP contribution is 2.05. The molecule has 0 amide bonds. The number of halogens is 2. The van der Waals surface area contributed by atoms with Gasteiger partial charge in [0.15, 0.2) is 0 Å². The average Bonchev–Trinajstić information content (AvgIpc) is 2.04. The van der Waals surface area contributed by atoms with Crippen LogP contribution < -0.4 is 5.73 Å². The molecule has 3 nitrogen and oxygen atoms in total. The molecule has 0 heterocycles. The Hall–Kier alpha value is -1.06. The quantitative estimate of drug-likeness (QED) is 0.474. The SMILES string of the molecule is Cl.N=C(N)c1ccc(CC(=O)Cl)cc1. The van der Waals surface area contributed by atoms with Crippen LogP contribution in [0.3, 0.4) is 0 Å². The molecule has 0 aliphatic rings. The second-order valence-corrected chi connectivity index (χ2v) is 3.06. The van der Waals surface area contributed by atoms with Gasteiger partial charge < -0.3 is 5.73 Å². The lowest BCUT2D eigenvalue weighted by atomic mass is 10.1. The number of hydrogen-bond acceptors (Lipinski definition) is 2. The molecule has 0 radical (unpaired) electrons. The summed E-state index contributed by atoms with van der Waals surface area (Å²) in [5.41, 5.74) is 6.72. The van der Waals surface area contributed by atoms with E-state index < -0.39 is 5.24 Å². The van der Waals surface area contributed by atoms with E-state index in [2.05, 4.69) is 0 Å². The zero-order chi connectivity index (χ0) is 9.84. The number of nitrogen functional groups attached to an aromatic ring is 1. The van der Waals surface area contributed by atoms with Gasteiger partial charge in [0, 0.05) is 12.0 Å². The van der Waals surface area contributed by atoms with Crippen LogP contribution in [0.1, 0.15) is 11.1 Å². The van der Waals surface area contributed by atoms with Crippen molar-refractivity contribution in [2.45, 2.75) is 6.42 Å². The van der Waals surface area contributed by atoms with Crippen LogP contribution in [-0.4, -0.2) is 11.1 Å². The Morgan fingerprint density at radius 2 is 1.86 bits per heavy atom. The van der Waals surface area contributed by atoms with Crippen molar-refractivity contribution in [2.24, 2.45) is 5.73 Å². The number of benzene rings is 1. The van der Waals surface area contributed by atoms with Gasteiger partial charge in [0.25, 0.3) is 0 Å². The molecule has 0 atom stereocenters. The molecular weight excluding hydrogens is 223 g/mol. The van der Waals surface area contributed by atoms with Crippen molar-refractivity contribution >= 4 is 35.1 Å². The molecule has 0 fully saturated rings. The van der Waals surface area contributed by atoms with E-state index in [0.717, 1.165) is 5.56 Å². The van der Waals surface area contributed by atoms with Gasteiger partial charge >= 0.3 is 0 Å². The molecule has 0 unspecified atom stereocenters. The van der Waals surface area contributed by atoms with Crippen LogP contribution in [0.4, 0.5) is 0 Å². The molecule has 0 bridgehead atoms. The smallest absolute Gasteiger partial charge is 0.226 e. The van der Waals surface area contributed by atoms with Crippen molar-refractivity contribution in [1.29, 1.82) is 5.41 Å². The molecule has 3 N–H and O–H groups in total. The molecule has 0 aliphatic heterocycles. The van der Waals surface area contributed by atoms with Gasteiger partial charge in [0.1, 0.15) is 5.84 Å². The largest absolute Gasteiger partial charge is 0.384 e. The maximum absolute atomic E-state index is 10.5. The minimum absolute atomic E-state index is 0. The van der Waals surface area contributed by atoms with Crippen molar-refractivity contribution in [3.63, 3.8) is 0 Å². The van der Waals surface area contributed by atoms with Gasteiger partial charge in [0.2, 0.25) is 5.24 Å². The van der Waals surface area contributed by atoms with Gasteiger partial charge in [-0.25, -0.2) is 0 Å². The summed E-state index contributed by atoms with van der Waals surface area (Å²) in [7, 11) is 0. The Labute approximate surface area is 93.2 Å². The monoisotopic (exact) mass is 232 g/mol. The van der Waals surface area contributed by atoms with Crippen LogP contribution >= 0.6 is 24.0 Å². The summed E-state index contributed by atoms with van der Waals surface area (Å²) >= 11 is 5.21. The number of rotatable bonds is 3. The Morgan fingerprint density at radius 3 is 2.21 bits per heavy atom. The third-order valence-electron chi connectivity index (χ3n) is 1.61. The maximum atomic E-state index is 10.5. The fourth-order valence-electron chi connectivity index (χ4n) is 0.963. The summed E-state index contributed by atoms with van der Waals surface area (Å²) < 4.78 is 0. The van der Waals surface area contributed by atoms with Gasteiger partial charge in [-0.15, -0.1) is 12.4 Å². The van der Waals surface area contributed by atoms with E-state index in [1.54, 1.807) is 24.3 Å². The van der Waals surface area contributed by atoms with E-state index in [1.165, 1.54) is 0 Å². The Kier molecular flexibility index (Phi) is 5.20. The van der Waals surface area contributed by atoms with E-state index >= 15 is 0 Å². The Bertz CT molecular complexity index is 335. The average molecular weight is 233 g/mol. The zero-order valence-electron chi connectivity index (χ0n) is 7.29. The molecule has 0 saturated heterocycles. The predicted octanol–water partition coefficient (Wildman–Crippen LogP) is 1.70. The van der Waals surface area contributed by atoms with Crippen molar-refractivity contribution in [3.8, 4) is 0 Å². The number of nitrogens with two attached hydrogens (primary N) is 1. The van der Waals surface area contributed by atoms with Crippen LogP contribution in [-0.2, 0) is 11.2 Å². The lowest BCUT2D eigenvalue weighted by Gasteiger charge is -1.99. The van der Waals surface area contributed by atoms with Gasteiger partial charge in [-0.1, -0.05) is 24.3 Å². The molecule has 0 aliphatic carbocycles. The van der Waals surface area contributed by atoms with Crippen molar-refractivity contribution in [2.75, 3.05) is 0 Å². The minimum Gasteiger partial charge on any atom is -0.384 e. The molecule has 76 valence electrons. The second-order valence-electron chi connectivity index (χ2n) is 2.64. The summed E-state index contributed by atoms with van der Waals surface area (Å²) in [6, 6.07) is 6.85. The Morgan fingerprint density at radius 1 is 1.36 bits per heavy atom. The summed E-state index contributed by atoms with van der Waals surface area (Å²) in [6.07, 6.45) is 0.208. The highest BCUT2D eigenvalue weighted by Gasteiger charge is 2.00.